The van der Waals surface area contributed by atoms with Crippen molar-refractivity contribution in [3.05, 3.63) is 11.9 Å². The number of hydrogen-bond acceptors (Lipinski definition) is 4. The number of rotatable bonds is 6. The van der Waals surface area contributed by atoms with Crippen LogP contribution in [0, 0.1) is 0 Å². The molecule has 1 atom stereocenters. The monoisotopic (exact) mass is 198 g/mol. The molecule has 80 valence electrons. The lowest BCUT2D eigenvalue weighted by molar-refractivity contribution is 0.124. The van der Waals surface area contributed by atoms with Gasteiger partial charge < -0.3 is 10.1 Å². The molecule has 5 nitrogen and oxygen atoms in total. The highest BCUT2D eigenvalue weighted by Gasteiger charge is 2.09. The van der Waals surface area contributed by atoms with Crippen molar-refractivity contribution in [3.63, 3.8) is 0 Å². The Bertz CT molecular complexity index is 261. The molecule has 0 saturated carbocycles. The average molecular weight is 198 g/mol. The number of ether oxygens (including phenoxy) is 1. The molecule has 1 N–H and O–H groups in total. The first-order valence-corrected chi connectivity index (χ1v) is 4.86. The standard InChI is InChI=1S/C9H18N4O/c1-4-14-7-9(10-2)5-8-6-13(3)12-11-8/h6,9-10H,4-5,7H2,1-3H3. The molecule has 0 saturated heterocycles. The van der Waals surface area contributed by atoms with Crippen molar-refractivity contribution >= 4 is 0 Å². The van der Waals surface area contributed by atoms with Crippen molar-refractivity contribution < 1.29 is 4.74 Å². The fourth-order valence-electron chi connectivity index (χ4n) is 1.25. The van der Waals surface area contributed by atoms with E-state index < -0.39 is 0 Å². The Labute approximate surface area is 84.4 Å². The van der Waals surface area contributed by atoms with Crippen molar-refractivity contribution in [2.45, 2.75) is 19.4 Å². The minimum absolute atomic E-state index is 0.312. The zero-order valence-electron chi connectivity index (χ0n) is 9.03. The van der Waals surface area contributed by atoms with E-state index in [9.17, 15) is 0 Å². The summed E-state index contributed by atoms with van der Waals surface area (Å²) in [7, 11) is 3.80. The minimum Gasteiger partial charge on any atom is -0.380 e. The summed E-state index contributed by atoms with van der Waals surface area (Å²) in [6.45, 7) is 3.46. The van der Waals surface area contributed by atoms with Gasteiger partial charge in [0.1, 0.15) is 0 Å². The summed E-state index contributed by atoms with van der Waals surface area (Å²) in [4.78, 5) is 0. The summed E-state index contributed by atoms with van der Waals surface area (Å²) in [6.07, 6.45) is 2.78. The molecule has 1 heterocycles. The van der Waals surface area contributed by atoms with Gasteiger partial charge in [-0.25, -0.2) is 0 Å². The molecule has 1 unspecified atom stereocenters. The second-order valence-corrected chi connectivity index (χ2v) is 3.23. The molecule has 0 aromatic carbocycles. The summed E-state index contributed by atoms with van der Waals surface area (Å²) in [5.41, 5.74) is 0.992. The molecule has 0 aliphatic carbocycles. The Morgan fingerprint density at radius 3 is 2.93 bits per heavy atom. The third-order valence-corrected chi connectivity index (χ3v) is 2.04. The molecule has 14 heavy (non-hydrogen) atoms. The fraction of sp³-hybridized carbons (Fsp3) is 0.778. The Morgan fingerprint density at radius 2 is 2.43 bits per heavy atom. The van der Waals surface area contributed by atoms with E-state index in [1.807, 2.05) is 27.2 Å². The van der Waals surface area contributed by atoms with Crippen LogP contribution < -0.4 is 5.32 Å². The van der Waals surface area contributed by atoms with Crippen LogP contribution in [0.3, 0.4) is 0 Å². The molecule has 0 aliphatic rings. The van der Waals surface area contributed by atoms with Crippen LogP contribution in [0.1, 0.15) is 12.6 Å². The van der Waals surface area contributed by atoms with Gasteiger partial charge in [-0.1, -0.05) is 5.21 Å². The van der Waals surface area contributed by atoms with Crippen molar-refractivity contribution in [2.75, 3.05) is 20.3 Å². The van der Waals surface area contributed by atoms with Gasteiger partial charge in [-0.3, -0.25) is 4.68 Å². The van der Waals surface area contributed by atoms with Crippen LogP contribution in [-0.2, 0) is 18.2 Å². The van der Waals surface area contributed by atoms with Gasteiger partial charge in [-0.05, 0) is 14.0 Å². The van der Waals surface area contributed by atoms with Crippen molar-refractivity contribution in [1.29, 1.82) is 0 Å². The van der Waals surface area contributed by atoms with E-state index >= 15 is 0 Å². The van der Waals surface area contributed by atoms with E-state index in [4.69, 9.17) is 4.74 Å². The first-order valence-electron chi connectivity index (χ1n) is 4.86. The van der Waals surface area contributed by atoms with Gasteiger partial charge in [0.05, 0.1) is 12.3 Å². The van der Waals surface area contributed by atoms with Crippen LogP contribution in [-0.4, -0.2) is 41.3 Å². The molecule has 0 aliphatic heterocycles. The molecule has 0 bridgehead atoms. The molecular weight excluding hydrogens is 180 g/mol. The maximum absolute atomic E-state index is 5.35. The first kappa shape index (κ1) is 11.1. The van der Waals surface area contributed by atoms with Gasteiger partial charge in [0.25, 0.3) is 0 Å². The summed E-state index contributed by atoms with van der Waals surface area (Å²) in [5, 5.41) is 11.1. The number of aryl methyl sites for hydroxylation is 1. The summed E-state index contributed by atoms with van der Waals surface area (Å²) >= 11 is 0. The van der Waals surface area contributed by atoms with Gasteiger partial charge >= 0.3 is 0 Å². The van der Waals surface area contributed by atoms with Crippen LogP contribution in [0.4, 0.5) is 0 Å². The highest BCUT2D eigenvalue weighted by Crippen LogP contribution is 1.98. The van der Waals surface area contributed by atoms with Crippen LogP contribution in [0.25, 0.3) is 0 Å². The van der Waals surface area contributed by atoms with Gasteiger partial charge in [0, 0.05) is 32.3 Å². The Hall–Kier alpha value is -0.940. The quantitative estimate of drug-likeness (QED) is 0.698. The zero-order chi connectivity index (χ0) is 10.4. The molecule has 1 aromatic rings. The second-order valence-electron chi connectivity index (χ2n) is 3.23. The molecule has 1 rings (SSSR count). The highest BCUT2D eigenvalue weighted by atomic mass is 16.5. The molecule has 0 amide bonds. The number of nitrogens with one attached hydrogen (secondary N) is 1. The first-order chi connectivity index (χ1) is 6.76. The summed E-state index contributed by atoms with van der Waals surface area (Å²) in [5.74, 6) is 0. The lowest BCUT2D eigenvalue weighted by Gasteiger charge is -2.13. The van der Waals surface area contributed by atoms with Crippen molar-refractivity contribution in [2.24, 2.45) is 7.05 Å². The molecular formula is C9H18N4O. The third kappa shape index (κ3) is 3.43. The average Bonchev–Trinajstić information content (AvgIpc) is 2.58. The zero-order valence-corrected chi connectivity index (χ0v) is 9.03. The maximum Gasteiger partial charge on any atom is 0.0843 e. The van der Waals surface area contributed by atoms with E-state index in [0.717, 1.165) is 18.7 Å². The van der Waals surface area contributed by atoms with Gasteiger partial charge in [0.15, 0.2) is 0 Å². The van der Waals surface area contributed by atoms with Crippen molar-refractivity contribution in [1.82, 2.24) is 20.3 Å². The number of nitrogens with zero attached hydrogens (tertiary/aromatic N) is 3. The molecule has 5 heteroatoms. The van der Waals surface area contributed by atoms with E-state index in [-0.39, 0.29) is 0 Å². The molecule has 1 aromatic heterocycles. The van der Waals surface area contributed by atoms with Gasteiger partial charge in [0.2, 0.25) is 0 Å². The minimum atomic E-state index is 0.312. The number of aromatic nitrogens is 3. The van der Waals surface area contributed by atoms with Crippen LogP contribution in [0.5, 0.6) is 0 Å². The third-order valence-electron chi connectivity index (χ3n) is 2.04. The maximum atomic E-state index is 5.35. The normalized spacial score (nSPS) is 13.1. The van der Waals surface area contributed by atoms with E-state index in [0.29, 0.717) is 12.6 Å². The van der Waals surface area contributed by atoms with Crippen molar-refractivity contribution in [3.8, 4) is 0 Å². The van der Waals surface area contributed by atoms with E-state index in [2.05, 4.69) is 15.6 Å². The summed E-state index contributed by atoms with van der Waals surface area (Å²) < 4.78 is 7.06. The van der Waals surface area contributed by atoms with E-state index in [1.165, 1.54) is 0 Å². The van der Waals surface area contributed by atoms with Crippen LogP contribution in [0.2, 0.25) is 0 Å². The second kappa shape index (κ2) is 5.72. The van der Waals surface area contributed by atoms with Crippen LogP contribution in [0.15, 0.2) is 6.20 Å². The number of likely N-dealkylation sites (N-methyl/N-ethyl adjacent to an activating group) is 1. The SMILES string of the molecule is CCOCC(Cc1cn(C)nn1)NC. The number of hydrogen-bond donors (Lipinski definition) is 1. The topological polar surface area (TPSA) is 52.0 Å². The highest BCUT2D eigenvalue weighted by molar-refractivity contribution is 4.95. The largest absolute Gasteiger partial charge is 0.380 e. The Kier molecular flexibility index (Phi) is 4.55. The van der Waals surface area contributed by atoms with Gasteiger partial charge in [-0.15, -0.1) is 5.10 Å². The molecule has 0 spiro atoms. The Balaban J connectivity index is 2.40. The fourth-order valence-corrected chi connectivity index (χ4v) is 1.25. The lowest BCUT2D eigenvalue weighted by atomic mass is 10.2. The van der Waals surface area contributed by atoms with Gasteiger partial charge in [-0.2, -0.15) is 0 Å². The smallest absolute Gasteiger partial charge is 0.0843 e. The molecule has 0 radical (unpaired) electrons. The Morgan fingerprint density at radius 1 is 1.64 bits per heavy atom. The predicted octanol–water partition coefficient (Wildman–Crippen LogP) is -0.0179. The predicted molar refractivity (Wildman–Crippen MR) is 54.0 cm³/mol. The van der Waals surface area contributed by atoms with Crippen LogP contribution >= 0.6 is 0 Å². The lowest BCUT2D eigenvalue weighted by Crippen LogP contribution is -2.32. The molecule has 0 fully saturated rings. The van der Waals surface area contributed by atoms with E-state index in [1.54, 1.807) is 4.68 Å². The summed E-state index contributed by atoms with van der Waals surface area (Å²) in [6, 6.07) is 0.312.